The van der Waals surface area contributed by atoms with Crippen LogP contribution in [0.1, 0.15) is 37.9 Å². The summed E-state index contributed by atoms with van der Waals surface area (Å²) in [5, 5.41) is 7.65. The molecule has 1 fully saturated rings. The molecule has 7 nitrogen and oxygen atoms in total. The van der Waals surface area contributed by atoms with Crippen LogP contribution in [0.4, 0.5) is 17.5 Å². The van der Waals surface area contributed by atoms with Gasteiger partial charge in [-0.3, -0.25) is 4.99 Å². The molecule has 2 heterocycles. The van der Waals surface area contributed by atoms with E-state index < -0.39 is 0 Å². The van der Waals surface area contributed by atoms with E-state index in [0.717, 1.165) is 93.1 Å². The smallest absolute Gasteiger partial charge is 0.227 e. The van der Waals surface area contributed by atoms with Gasteiger partial charge in [0.1, 0.15) is 5.82 Å². The maximum atomic E-state index is 6.08. The molecule has 0 saturated carbocycles. The van der Waals surface area contributed by atoms with E-state index in [1.54, 1.807) is 0 Å². The SMILES string of the molecule is C=Nc1cc(Cl)ccc1/C(=C\C)NCCCCNc1cc(C)nc(N2CCN(CC)CC2)n1. The first-order chi connectivity index (χ1) is 16.0. The molecule has 1 aromatic carbocycles. The van der Waals surface area contributed by atoms with Crippen molar-refractivity contribution in [2.45, 2.75) is 33.6 Å². The van der Waals surface area contributed by atoms with Gasteiger partial charge in [-0.1, -0.05) is 24.6 Å². The van der Waals surface area contributed by atoms with Crippen LogP contribution in [0.5, 0.6) is 0 Å². The van der Waals surface area contributed by atoms with Gasteiger partial charge in [0.05, 0.1) is 5.69 Å². The van der Waals surface area contributed by atoms with Gasteiger partial charge in [-0.05, 0) is 58.2 Å². The second kappa shape index (κ2) is 12.6. The average Bonchev–Trinajstić information content (AvgIpc) is 2.83. The number of piperazine rings is 1. The lowest BCUT2D eigenvalue weighted by Gasteiger charge is -2.34. The predicted molar refractivity (Wildman–Crippen MR) is 141 cm³/mol. The van der Waals surface area contributed by atoms with Crippen LogP contribution in [0.25, 0.3) is 5.70 Å². The normalized spacial score (nSPS) is 14.9. The lowest BCUT2D eigenvalue weighted by atomic mass is 10.1. The Kier molecular flexibility index (Phi) is 9.51. The molecule has 2 N–H and O–H groups in total. The van der Waals surface area contributed by atoms with Crippen molar-refractivity contribution in [2.24, 2.45) is 4.99 Å². The first-order valence-electron chi connectivity index (χ1n) is 11.8. The number of aryl methyl sites for hydroxylation is 1. The molecule has 3 rings (SSSR count). The molecule has 0 bridgehead atoms. The van der Waals surface area contributed by atoms with Crippen LogP contribution in [0.15, 0.2) is 35.3 Å². The molecule has 1 aromatic heterocycles. The Morgan fingerprint density at radius 3 is 2.61 bits per heavy atom. The Labute approximate surface area is 203 Å². The summed E-state index contributed by atoms with van der Waals surface area (Å²) in [5.41, 5.74) is 3.84. The summed E-state index contributed by atoms with van der Waals surface area (Å²) >= 11 is 6.08. The molecule has 0 aliphatic carbocycles. The quantitative estimate of drug-likeness (QED) is 0.365. The Bertz CT molecular complexity index is 952. The minimum absolute atomic E-state index is 0.661. The van der Waals surface area contributed by atoms with E-state index in [9.17, 15) is 0 Å². The Morgan fingerprint density at radius 1 is 1.15 bits per heavy atom. The highest BCUT2D eigenvalue weighted by atomic mass is 35.5. The number of unbranched alkanes of at least 4 members (excludes halogenated alkanes) is 1. The summed E-state index contributed by atoms with van der Waals surface area (Å²) in [6.07, 6.45) is 4.12. The summed E-state index contributed by atoms with van der Waals surface area (Å²) < 4.78 is 0. The van der Waals surface area contributed by atoms with Gasteiger partial charge in [-0.25, -0.2) is 4.98 Å². The molecule has 33 heavy (non-hydrogen) atoms. The van der Waals surface area contributed by atoms with E-state index in [4.69, 9.17) is 16.6 Å². The van der Waals surface area contributed by atoms with Gasteiger partial charge in [-0.2, -0.15) is 4.98 Å². The lowest BCUT2D eigenvalue weighted by Crippen LogP contribution is -2.46. The highest BCUT2D eigenvalue weighted by Crippen LogP contribution is 2.28. The molecular formula is C25H36ClN7. The van der Waals surface area contributed by atoms with Crippen LogP contribution in [-0.4, -0.2) is 67.4 Å². The fourth-order valence-corrected chi connectivity index (χ4v) is 4.12. The molecule has 2 aromatic rings. The molecule has 8 heteroatoms. The molecule has 1 aliphatic heterocycles. The van der Waals surface area contributed by atoms with Crippen molar-refractivity contribution >= 4 is 41.5 Å². The summed E-state index contributed by atoms with van der Waals surface area (Å²) in [6.45, 7) is 16.9. The van der Waals surface area contributed by atoms with Crippen molar-refractivity contribution in [3.05, 3.63) is 46.6 Å². The average molecular weight is 470 g/mol. The highest BCUT2D eigenvalue weighted by Gasteiger charge is 2.18. The van der Waals surface area contributed by atoms with Gasteiger partial charge in [-0.15, -0.1) is 0 Å². The van der Waals surface area contributed by atoms with Crippen molar-refractivity contribution in [2.75, 3.05) is 56.0 Å². The van der Waals surface area contributed by atoms with Crippen molar-refractivity contribution in [1.29, 1.82) is 0 Å². The van der Waals surface area contributed by atoms with Crippen molar-refractivity contribution < 1.29 is 0 Å². The number of anilines is 2. The van der Waals surface area contributed by atoms with E-state index in [-0.39, 0.29) is 0 Å². The van der Waals surface area contributed by atoms with Gasteiger partial charge in [0.2, 0.25) is 5.95 Å². The van der Waals surface area contributed by atoms with Gasteiger partial charge in [0.15, 0.2) is 0 Å². The minimum Gasteiger partial charge on any atom is -0.385 e. The van der Waals surface area contributed by atoms with E-state index in [1.807, 2.05) is 38.1 Å². The van der Waals surface area contributed by atoms with Gasteiger partial charge < -0.3 is 20.4 Å². The van der Waals surface area contributed by atoms with Crippen molar-refractivity contribution in [3.8, 4) is 0 Å². The zero-order valence-corrected chi connectivity index (χ0v) is 20.8. The number of hydrogen-bond acceptors (Lipinski definition) is 7. The topological polar surface area (TPSA) is 68.7 Å². The number of rotatable bonds is 11. The largest absolute Gasteiger partial charge is 0.385 e. The minimum atomic E-state index is 0.661. The molecule has 0 atom stereocenters. The molecular weight excluding hydrogens is 434 g/mol. The van der Waals surface area contributed by atoms with Crippen LogP contribution >= 0.6 is 11.6 Å². The number of benzene rings is 1. The second-order valence-corrected chi connectivity index (χ2v) is 8.63. The number of aliphatic imine (C=N–C) groups is 1. The van der Waals surface area contributed by atoms with E-state index >= 15 is 0 Å². The number of nitrogens with one attached hydrogen (secondary N) is 2. The Hall–Kier alpha value is -2.64. The molecule has 0 spiro atoms. The van der Waals surface area contributed by atoms with Crippen molar-refractivity contribution in [3.63, 3.8) is 0 Å². The van der Waals surface area contributed by atoms with Crippen molar-refractivity contribution in [1.82, 2.24) is 20.2 Å². The third-order valence-electron chi connectivity index (χ3n) is 5.88. The third-order valence-corrected chi connectivity index (χ3v) is 6.11. The molecule has 1 aliphatic rings. The van der Waals surface area contributed by atoms with E-state index in [0.29, 0.717) is 5.02 Å². The van der Waals surface area contributed by atoms with Crippen LogP contribution in [0.2, 0.25) is 5.02 Å². The third kappa shape index (κ3) is 7.17. The van der Waals surface area contributed by atoms with Gasteiger partial charge in [0, 0.05) is 67.3 Å². The Balaban J connectivity index is 1.45. The number of allylic oxidation sites excluding steroid dienone is 1. The van der Waals surface area contributed by atoms with Gasteiger partial charge in [0.25, 0.3) is 0 Å². The number of aromatic nitrogens is 2. The summed E-state index contributed by atoms with van der Waals surface area (Å²) in [4.78, 5) is 18.3. The number of nitrogens with zero attached hydrogens (tertiary/aromatic N) is 5. The van der Waals surface area contributed by atoms with E-state index in [1.165, 1.54) is 0 Å². The molecule has 0 unspecified atom stereocenters. The molecule has 1 saturated heterocycles. The maximum absolute atomic E-state index is 6.08. The van der Waals surface area contributed by atoms with Crippen LogP contribution in [0.3, 0.4) is 0 Å². The Morgan fingerprint density at radius 2 is 1.91 bits per heavy atom. The molecule has 0 radical (unpaired) electrons. The number of hydrogen-bond donors (Lipinski definition) is 2. The zero-order chi connectivity index (χ0) is 23.6. The first kappa shape index (κ1) is 25.0. The monoisotopic (exact) mass is 469 g/mol. The van der Waals surface area contributed by atoms with Gasteiger partial charge >= 0.3 is 0 Å². The second-order valence-electron chi connectivity index (χ2n) is 8.20. The fourth-order valence-electron chi connectivity index (χ4n) is 3.95. The van der Waals surface area contributed by atoms with Crippen LogP contribution in [0, 0.1) is 6.92 Å². The molecule has 0 amide bonds. The lowest BCUT2D eigenvalue weighted by molar-refractivity contribution is 0.270. The summed E-state index contributed by atoms with van der Waals surface area (Å²) in [7, 11) is 0. The number of halogens is 1. The first-order valence-corrected chi connectivity index (χ1v) is 12.2. The maximum Gasteiger partial charge on any atom is 0.227 e. The standard InChI is InChI=1S/C25H36ClN7/c1-5-22(21-10-9-20(26)18-23(21)27-4)28-11-7-8-12-29-24-17-19(3)30-25(31-24)33-15-13-32(6-2)14-16-33/h5,9-10,17-18,28H,4,6-8,11-16H2,1-3H3,(H,29,30,31)/b22-5+. The summed E-state index contributed by atoms with van der Waals surface area (Å²) in [5.74, 6) is 1.74. The van der Waals surface area contributed by atoms with Crippen LogP contribution < -0.4 is 15.5 Å². The molecule has 178 valence electrons. The zero-order valence-electron chi connectivity index (χ0n) is 20.1. The number of likely N-dealkylation sites (N-methyl/N-ethyl adjacent to an activating group) is 1. The highest BCUT2D eigenvalue weighted by molar-refractivity contribution is 6.30. The van der Waals surface area contributed by atoms with E-state index in [2.05, 4.69) is 50.1 Å². The summed E-state index contributed by atoms with van der Waals surface area (Å²) in [6, 6.07) is 7.71. The van der Waals surface area contributed by atoms with Crippen LogP contribution in [-0.2, 0) is 0 Å². The fraction of sp³-hybridized carbons (Fsp3) is 0.480. The predicted octanol–water partition coefficient (Wildman–Crippen LogP) is 4.76.